The molecule has 2 aromatic carbocycles. The summed E-state index contributed by atoms with van der Waals surface area (Å²) in [6.07, 6.45) is 0. The van der Waals surface area contributed by atoms with E-state index >= 15 is 0 Å². The molecule has 0 amide bonds. The topological polar surface area (TPSA) is 93.8 Å². The second-order valence-electron chi connectivity index (χ2n) is 7.11. The third kappa shape index (κ3) is 2.83. The van der Waals surface area contributed by atoms with Gasteiger partial charge >= 0.3 is 0 Å². The SMILES string of the molecule is Cc1c(-c2cc3nnc(-c4ccccc4)c(C#N)n3n2)c(=O)n(-c2ccccc2)n1C. The van der Waals surface area contributed by atoms with Crippen LogP contribution in [-0.2, 0) is 7.05 Å². The van der Waals surface area contributed by atoms with Gasteiger partial charge < -0.3 is 0 Å². The van der Waals surface area contributed by atoms with E-state index in [2.05, 4.69) is 21.4 Å². The molecular formula is C23H17N7O. The molecule has 0 aliphatic heterocycles. The smallest absolute Gasteiger partial charge is 0.281 e. The second kappa shape index (κ2) is 7.07. The first kappa shape index (κ1) is 18.5. The van der Waals surface area contributed by atoms with Crippen molar-refractivity contribution in [1.29, 1.82) is 5.26 Å². The zero-order chi connectivity index (χ0) is 21.5. The fourth-order valence-corrected chi connectivity index (χ4v) is 3.73. The maximum Gasteiger partial charge on any atom is 0.281 e. The molecule has 3 heterocycles. The summed E-state index contributed by atoms with van der Waals surface area (Å²) in [4.78, 5) is 13.3. The van der Waals surface area contributed by atoms with Crippen molar-refractivity contribution in [3.63, 3.8) is 0 Å². The molecule has 0 unspecified atom stereocenters. The van der Waals surface area contributed by atoms with Crippen LogP contribution in [0.15, 0.2) is 71.5 Å². The summed E-state index contributed by atoms with van der Waals surface area (Å²) in [7, 11) is 1.83. The summed E-state index contributed by atoms with van der Waals surface area (Å²) >= 11 is 0. The van der Waals surface area contributed by atoms with Gasteiger partial charge in [0.1, 0.15) is 17.5 Å². The molecule has 0 bridgehead atoms. The number of para-hydroxylation sites is 1. The van der Waals surface area contributed by atoms with E-state index < -0.39 is 0 Å². The Kier molecular flexibility index (Phi) is 4.22. The summed E-state index contributed by atoms with van der Waals surface area (Å²) in [5.41, 5.74) is 4.11. The average molecular weight is 407 g/mol. The number of hydrogen-bond donors (Lipinski definition) is 0. The summed E-state index contributed by atoms with van der Waals surface area (Å²) < 4.78 is 4.84. The van der Waals surface area contributed by atoms with E-state index in [1.165, 1.54) is 4.52 Å². The maximum atomic E-state index is 13.3. The van der Waals surface area contributed by atoms with Crippen molar-refractivity contribution in [2.45, 2.75) is 6.92 Å². The van der Waals surface area contributed by atoms with Crippen LogP contribution in [0.1, 0.15) is 11.4 Å². The minimum Gasteiger partial charge on any atom is -0.285 e. The number of nitrogens with zero attached hydrogens (tertiary/aromatic N) is 7. The van der Waals surface area contributed by atoms with Gasteiger partial charge in [-0.1, -0.05) is 48.5 Å². The van der Waals surface area contributed by atoms with Gasteiger partial charge in [0.05, 0.1) is 11.3 Å². The van der Waals surface area contributed by atoms with Gasteiger partial charge in [0, 0.05) is 24.4 Å². The summed E-state index contributed by atoms with van der Waals surface area (Å²) in [5.74, 6) is 0. The third-order valence-electron chi connectivity index (χ3n) is 5.34. The molecule has 0 aliphatic rings. The van der Waals surface area contributed by atoms with Crippen LogP contribution < -0.4 is 5.56 Å². The molecule has 5 aromatic rings. The molecule has 0 aliphatic carbocycles. The average Bonchev–Trinajstić information content (AvgIpc) is 3.32. The van der Waals surface area contributed by atoms with Crippen molar-refractivity contribution in [3.05, 3.63) is 88.5 Å². The Hall–Kier alpha value is -4.51. The van der Waals surface area contributed by atoms with E-state index in [0.29, 0.717) is 22.6 Å². The van der Waals surface area contributed by atoms with E-state index in [1.54, 1.807) is 15.4 Å². The van der Waals surface area contributed by atoms with Crippen LogP contribution in [0.2, 0.25) is 0 Å². The van der Waals surface area contributed by atoms with Gasteiger partial charge in [-0.05, 0) is 19.1 Å². The predicted molar refractivity (Wildman–Crippen MR) is 116 cm³/mol. The van der Waals surface area contributed by atoms with Crippen molar-refractivity contribution in [2.75, 3.05) is 0 Å². The number of hydrogen-bond acceptors (Lipinski definition) is 5. The minimum atomic E-state index is -0.190. The van der Waals surface area contributed by atoms with Crippen molar-refractivity contribution in [1.82, 2.24) is 29.2 Å². The maximum absolute atomic E-state index is 13.3. The lowest BCUT2D eigenvalue weighted by Gasteiger charge is -2.07. The number of benzene rings is 2. The van der Waals surface area contributed by atoms with Crippen LogP contribution >= 0.6 is 0 Å². The summed E-state index contributed by atoms with van der Waals surface area (Å²) in [6.45, 7) is 1.87. The molecule has 8 nitrogen and oxygen atoms in total. The molecule has 5 rings (SSSR count). The minimum absolute atomic E-state index is 0.190. The fraction of sp³-hybridized carbons (Fsp3) is 0.0870. The molecule has 0 atom stereocenters. The Balaban J connectivity index is 1.73. The third-order valence-corrected chi connectivity index (χ3v) is 5.34. The van der Waals surface area contributed by atoms with Gasteiger partial charge in [-0.3, -0.25) is 9.48 Å². The van der Waals surface area contributed by atoms with Crippen LogP contribution in [0.4, 0.5) is 0 Å². The molecule has 8 heteroatoms. The van der Waals surface area contributed by atoms with Crippen LogP contribution in [0, 0.1) is 18.3 Å². The molecule has 0 saturated heterocycles. The van der Waals surface area contributed by atoms with Crippen molar-refractivity contribution in [2.24, 2.45) is 7.05 Å². The van der Waals surface area contributed by atoms with Crippen LogP contribution in [0.5, 0.6) is 0 Å². The predicted octanol–water partition coefficient (Wildman–Crippen LogP) is 3.13. The normalized spacial score (nSPS) is 11.0. The first-order chi connectivity index (χ1) is 15.1. The lowest BCUT2D eigenvalue weighted by Crippen LogP contribution is -2.20. The monoisotopic (exact) mass is 407 g/mol. The Bertz CT molecular complexity index is 1520. The largest absolute Gasteiger partial charge is 0.285 e. The summed E-state index contributed by atoms with van der Waals surface area (Å²) in [6, 6.07) is 22.6. The molecule has 0 fully saturated rings. The van der Waals surface area contributed by atoms with Crippen molar-refractivity contribution >= 4 is 5.65 Å². The molecule has 0 radical (unpaired) electrons. The molecular weight excluding hydrogens is 390 g/mol. The highest BCUT2D eigenvalue weighted by atomic mass is 16.1. The van der Waals surface area contributed by atoms with E-state index in [4.69, 9.17) is 0 Å². The lowest BCUT2D eigenvalue weighted by molar-refractivity contribution is 0.630. The molecule has 3 aromatic heterocycles. The zero-order valence-corrected chi connectivity index (χ0v) is 16.9. The highest BCUT2D eigenvalue weighted by molar-refractivity contribution is 5.70. The highest BCUT2D eigenvalue weighted by Crippen LogP contribution is 2.25. The first-order valence-electron chi connectivity index (χ1n) is 9.66. The van der Waals surface area contributed by atoms with Gasteiger partial charge in [-0.2, -0.15) is 14.9 Å². The van der Waals surface area contributed by atoms with Crippen molar-refractivity contribution < 1.29 is 0 Å². The molecule has 0 spiro atoms. The molecule has 0 N–H and O–H groups in total. The fourth-order valence-electron chi connectivity index (χ4n) is 3.73. The Morgan fingerprint density at radius 3 is 2.32 bits per heavy atom. The first-order valence-corrected chi connectivity index (χ1v) is 9.66. The van der Waals surface area contributed by atoms with E-state index in [1.807, 2.05) is 74.6 Å². The number of fused-ring (bicyclic) bond motifs is 1. The van der Waals surface area contributed by atoms with E-state index in [9.17, 15) is 10.1 Å². The van der Waals surface area contributed by atoms with Gasteiger partial charge in [-0.25, -0.2) is 4.68 Å². The Morgan fingerprint density at radius 1 is 0.968 bits per heavy atom. The zero-order valence-electron chi connectivity index (χ0n) is 16.9. The quantitative estimate of drug-likeness (QED) is 0.458. The lowest BCUT2D eigenvalue weighted by atomic mass is 10.1. The molecule has 31 heavy (non-hydrogen) atoms. The Morgan fingerprint density at radius 2 is 1.65 bits per heavy atom. The molecule has 150 valence electrons. The number of nitriles is 1. The second-order valence-corrected chi connectivity index (χ2v) is 7.11. The number of rotatable bonds is 3. The van der Waals surface area contributed by atoms with E-state index in [0.717, 1.165) is 16.9 Å². The summed E-state index contributed by atoms with van der Waals surface area (Å²) in [5, 5.41) is 22.9. The van der Waals surface area contributed by atoms with Gasteiger partial charge in [0.2, 0.25) is 0 Å². The molecule has 0 saturated carbocycles. The van der Waals surface area contributed by atoms with Crippen molar-refractivity contribution in [3.8, 4) is 34.3 Å². The van der Waals surface area contributed by atoms with Crippen LogP contribution in [0.3, 0.4) is 0 Å². The van der Waals surface area contributed by atoms with E-state index in [-0.39, 0.29) is 11.3 Å². The number of aromatic nitrogens is 6. The van der Waals surface area contributed by atoms with Crippen LogP contribution in [0.25, 0.3) is 33.8 Å². The Labute approximate surface area is 177 Å². The highest BCUT2D eigenvalue weighted by Gasteiger charge is 2.22. The standard InChI is InChI=1S/C23H17N7O/c1-15-21(23(31)30(28(15)2)17-11-7-4-8-12-17)18-13-20-25-26-22(16-9-5-3-6-10-16)19(14-24)29(20)27-18/h3-13H,1-2H3. The van der Waals surface area contributed by atoms with Crippen LogP contribution in [-0.4, -0.2) is 29.2 Å². The van der Waals surface area contributed by atoms with Gasteiger partial charge in [0.15, 0.2) is 11.3 Å². The van der Waals surface area contributed by atoms with Gasteiger partial charge in [0.25, 0.3) is 5.56 Å². The van der Waals surface area contributed by atoms with Gasteiger partial charge in [-0.15, -0.1) is 10.2 Å².